The molecule has 5 N–H and O–H groups in total. The molecule has 3 atom stereocenters. The van der Waals surface area contributed by atoms with Gasteiger partial charge in [-0.3, -0.25) is 10.2 Å². The quantitative estimate of drug-likeness (QED) is 0.379. The molecule has 3 unspecified atom stereocenters. The molecule has 24 heavy (non-hydrogen) atoms. The Labute approximate surface area is 141 Å². The normalized spacial score (nSPS) is 23.0. The molecule has 2 aromatic rings. The lowest BCUT2D eigenvalue weighted by Crippen LogP contribution is -2.47. The average Bonchev–Trinajstić information content (AvgIpc) is 3.02. The van der Waals surface area contributed by atoms with Gasteiger partial charge in [-0.05, 0) is 23.3 Å². The zero-order valence-electron chi connectivity index (χ0n) is 13.5. The topological polar surface area (TPSA) is 88.4 Å². The Kier molecular flexibility index (Phi) is 5.10. The Bertz CT molecular complexity index is 675. The summed E-state index contributed by atoms with van der Waals surface area (Å²) in [5.74, 6) is 5.88. The van der Waals surface area contributed by atoms with Gasteiger partial charge in [0.05, 0.1) is 6.04 Å². The summed E-state index contributed by atoms with van der Waals surface area (Å²) in [7, 11) is 0. The molecule has 1 saturated heterocycles. The summed E-state index contributed by atoms with van der Waals surface area (Å²) in [5.41, 5.74) is 10.6. The molecule has 1 aliphatic heterocycles. The lowest BCUT2D eigenvalue weighted by molar-refractivity contribution is -0.123. The van der Waals surface area contributed by atoms with Gasteiger partial charge in [0.25, 0.3) is 5.91 Å². The van der Waals surface area contributed by atoms with Crippen LogP contribution in [0.4, 0.5) is 0 Å². The molecule has 0 spiro atoms. The SMILES string of the molecule is CC1C(C(=O)NN)NNC1c1ccc(OCc2ccccc2)cc1. The van der Waals surface area contributed by atoms with Crippen LogP contribution in [0.25, 0.3) is 0 Å². The minimum atomic E-state index is -0.353. The highest BCUT2D eigenvalue weighted by atomic mass is 16.5. The lowest BCUT2D eigenvalue weighted by atomic mass is 9.91. The van der Waals surface area contributed by atoms with Crippen LogP contribution < -0.4 is 26.9 Å². The molecule has 0 saturated carbocycles. The van der Waals surface area contributed by atoms with Crippen molar-refractivity contribution in [2.24, 2.45) is 11.8 Å². The number of hydrazine groups is 2. The molecule has 0 aliphatic carbocycles. The van der Waals surface area contributed by atoms with E-state index < -0.39 is 0 Å². The van der Waals surface area contributed by atoms with Gasteiger partial charge in [-0.15, -0.1) is 0 Å². The van der Waals surface area contributed by atoms with Crippen molar-refractivity contribution >= 4 is 5.91 Å². The van der Waals surface area contributed by atoms with Crippen molar-refractivity contribution in [1.29, 1.82) is 0 Å². The van der Waals surface area contributed by atoms with Crippen molar-refractivity contribution < 1.29 is 9.53 Å². The van der Waals surface area contributed by atoms with E-state index >= 15 is 0 Å². The fourth-order valence-electron chi connectivity index (χ4n) is 2.93. The first-order valence-corrected chi connectivity index (χ1v) is 7.97. The molecular formula is C18H22N4O2. The number of carbonyl (C=O) groups is 1. The van der Waals surface area contributed by atoms with Gasteiger partial charge in [0, 0.05) is 5.92 Å². The van der Waals surface area contributed by atoms with E-state index in [1.165, 1.54) is 0 Å². The number of hydrogen-bond donors (Lipinski definition) is 4. The number of ether oxygens (including phenoxy) is 1. The molecule has 3 rings (SSSR count). The van der Waals surface area contributed by atoms with E-state index in [-0.39, 0.29) is 23.9 Å². The summed E-state index contributed by atoms with van der Waals surface area (Å²) in [6.45, 7) is 2.55. The van der Waals surface area contributed by atoms with E-state index in [0.717, 1.165) is 16.9 Å². The van der Waals surface area contributed by atoms with Crippen LogP contribution in [-0.4, -0.2) is 11.9 Å². The molecule has 0 radical (unpaired) electrons. The zero-order chi connectivity index (χ0) is 16.9. The highest BCUT2D eigenvalue weighted by Gasteiger charge is 2.37. The zero-order valence-corrected chi connectivity index (χ0v) is 13.5. The Hall–Kier alpha value is -2.41. The van der Waals surface area contributed by atoms with Gasteiger partial charge in [0.15, 0.2) is 0 Å². The molecular weight excluding hydrogens is 304 g/mol. The van der Waals surface area contributed by atoms with Crippen molar-refractivity contribution in [3.8, 4) is 5.75 Å². The van der Waals surface area contributed by atoms with E-state index in [0.29, 0.717) is 6.61 Å². The molecule has 1 amide bonds. The first-order chi connectivity index (χ1) is 11.7. The molecule has 1 aliphatic rings. The van der Waals surface area contributed by atoms with E-state index in [1.807, 2.05) is 61.5 Å². The predicted molar refractivity (Wildman–Crippen MR) is 91.5 cm³/mol. The molecule has 2 aromatic carbocycles. The van der Waals surface area contributed by atoms with Crippen LogP contribution in [0.1, 0.15) is 24.1 Å². The van der Waals surface area contributed by atoms with E-state index in [2.05, 4.69) is 16.3 Å². The summed E-state index contributed by atoms with van der Waals surface area (Å²) < 4.78 is 5.80. The standard InChI is InChI=1S/C18H22N4O2/c1-12-16(21-22-17(12)18(23)20-19)14-7-9-15(10-8-14)24-11-13-5-3-2-4-6-13/h2-10,12,16-17,21-22H,11,19H2,1H3,(H,20,23). The molecule has 1 heterocycles. The van der Waals surface area contributed by atoms with Gasteiger partial charge in [-0.25, -0.2) is 16.7 Å². The second kappa shape index (κ2) is 7.44. The van der Waals surface area contributed by atoms with Crippen LogP contribution in [0.2, 0.25) is 0 Å². The third-order valence-corrected chi connectivity index (χ3v) is 4.36. The molecule has 126 valence electrons. The number of carbonyl (C=O) groups excluding carboxylic acids is 1. The Morgan fingerprint density at radius 2 is 1.83 bits per heavy atom. The number of nitrogens with two attached hydrogens (primary N) is 1. The van der Waals surface area contributed by atoms with Crippen LogP contribution in [0.5, 0.6) is 5.75 Å². The first kappa shape index (κ1) is 16.4. The maximum atomic E-state index is 11.7. The van der Waals surface area contributed by atoms with E-state index in [4.69, 9.17) is 10.6 Å². The second-order valence-electron chi connectivity index (χ2n) is 5.96. The summed E-state index contributed by atoms with van der Waals surface area (Å²) >= 11 is 0. The van der Waals surface area contributed by atoms with Gasteiger partial charge in [-0.1, -0.05) is 49.4 Å². The summed E-state index contributed by atoms with van der Waals surface area (Å²) in [5, 5.41) is 0. The second-order valence-corrected chi connectivity index (χ2v) is 5.96. The van der Waals surface area contributed by atoms with Gasteiger partial charge in [0.1, 0.15) is 18.4 Å². The summed E-state index contributed by atoms with van der Waals surface area (Å²) in [6, 6.07) is 17.7. The molecule has 1 fully saturated rings. The summed E-state index contributed by atoms with van der Waals surface area (Å²) in [4.78, 5) is 11.7. The third kappa shape index (κ3) is 3.56. The average molecular weight is 326 g/mol. The minimum absolute atomic E-state index is 0.0375. The van der Waals surface area contributed by atoms with E-state index in [9.17, 15) is 4.79 Å². The van der Waals surface area contributed by atoms with Crippen molar-refractivity contribution in [1.82, 2.24) is 16.3 Å². The fraction of sp³-hybridized carbons (Fsp3) is 0.278. The minimum Gasteiger partial charge on any atom is -0.489 e. The predicted octanol–water partition coefficient (Wildman–Crippen LogP) is 1.41. The molecule has 0 bridgehead atoms. The van der Waals surface area contributed by atoms with Gasteiger partial charge < -0.3 is 4.74 Å². The Morgan fingerprint density at radius 1 is 1.12 bits per heavy atom. The van der Waals surface area contributed by atoms with Crippen LogP contribution >= 0.6 is 0 Å². The highest BCUT2D eigenvalue weighted by molar-refractivity contribution is 5.81. The largest absolute Gasteiger partial charge is 0.489 e. The van der Waals surface area contributed by atoms with Crippen molar-refractivity contribution in [3.63, 3.8) is 0 Å². The van der Waals surface area contributed by atoms with Crippen LogP contribution in [0.3, 0.4) is 0 Å². The third-order valence-electron chi connectivity index (χ3n) is 4.36. The van der Waals surface area contributed by atoms with Gasteiger partial charge in [-0.2, -0.15) is 0 Å². The Balaban J connectivity index is 1.61. The Morgan fingerprint density at radius 3 is 2.50 bits per heavy atom. The maximum absolute atomic E-state index is 11.7. The number of rotatable bonds is 5. The van der Waals surface area contributed by atoms with Gasteiger partial charge in [0.2, 0.25) is 0 Å². The molecule has 0 aromatic heterocycles. The first-order valence-electron chi connectivity index (χ1n) is 7.97. The number of amides is 1. The highest BCUT2D eigenvalue weighted by Crippen LogP contribution is 2.29. The van der Waals surface area contributed by atoms with E-state index in [1.54, 1.807) is 0 Å². The van der Waals surface area contributed by atoms with Crippen LogP contribution in [0.15, 0.2) is 54.6 Å². The summed E-state index contributed by atoms with van der Waals surface area (Å²) in [6.07, 6.45) is 0. The van der Waals surface area contributed by atoms with Crippen molar-refractivity contribution in [3.05, 3.63) is 65.7 Å². The number of nitrogens with one attached hydrogen (secondary N) is 3. The smallest absolute Gasteiger partial charge is 0.252 e. The molecule has 6 nitrogen and oxygen atoms in total. The molecule has 6 heteroatoms. The number of hydrogen-bond acceptors (Lipinski definition) is 5. The number of benzene rings is 2. The maximum Gasteiger partial charge on any atom is 0.252 e. The van der Waals surface area contributed by atoms with Crippen molar-refractivity contribution in [2.45, 2.75) is 25.6 Å². The van der Waals surface area contributed by atoms with Crippen molar-refractivity contribution in [2.75, 3.05) is 0 Å². The van der Waals surface area contributed by atoms with Crippen LogP contribution in [0, 0.1) is 5.92 Å². The van der Waals surface area contributed by atoms with Crippen LogP contribution in [-0.2, 0) is 11.4 Å². The fourth-order valence-corrected chi connectivity index (χ4v) is 2.93. The monoisotopic (exact) mass is 326 g/mol. The van der Waals surface area contributed by atoms with Gasteiger partial charge >= 0.3 is 0 Å². The lowest BCUT2D eigenvalue weighted by Gasteiger charge is -2.18.